The largest absolute Gasteiger partial charge is 0.495 e. The van der Waals surface area contributed by atoms with E-state index >= 15 is 0 Å². The molecule has 0 aliphatic rings. The smallest absolute Gasteiger partial charge is 0.416 e. The van der Waals surface area contributed by atoms with Crippen molar-refractivity contribution in [1.29, 1.82) is 0 Å². The van der Waals surface area contributed by atoms with Crippen LogP contribution in [0, 0.1) is 6.92 Å². The molecule has 0 spiro atoms. The van der Waals surface area contributed by atoms with Crippen LogP contribution in [-0.2, 0) is 16.7 Å². The number of hydrogen-bond donors (Lipinski definition) is 1. The highest BCUT2D eigenvalue weighted by molar-refractivity contribution is 7.98. The third kappa shape index (κ3) is 5.97. The number of halogens is 3. The molecule has 0 aromatic heterocycles. The summed E-state index contributed by atoms with van der Waals surface area (Å²) in [7, 11) is 1.53. The van der Waals surface area contributed by atoms with E-state index in [1.54, 1.807) is 6.07 Å². The van der Waals surface area contributed by atoms with Gasteiger partial charge in [-0.25, -0.2) is 4.79 Å². The third-order valence-corrected chi connectivity index (χ3v) is 5.79. The van der Waals surface area contributed by atoms with Gasteiger partial charge in [0.1, 0.15) is 11.5 Å². The summed E-state index contributed by atoms with van der Waals surface area (Å²) in [6.45, 7) is 1.39. The predicted octanol–water partition coefficient (Wildman–Crippen LogP) is 6.45. The fraction of sp³-hybridized carbons (Fsp3) is 0.208. The van der Waals surface area contributed by atoms with Crippen LogP contribution in [0.1, 0.15) is 16.7 Å². The summed E-state index contributed by atoms with van der Waals surface area (Å²) >= 11 is 1.54. The average molecular weight is 462 g/mol. The molecular formula is C24H21F3O4S. The maximum absolute atomic E-state index is 12.8. The lowest BCUT2D eigenvalue weighted by atomic mass is 10.0. The average Bonchev–Trinajstić information content (AvgIpc) is 2.76. The van der Waals surface area contributed by atoms with Crippen molar-refractivity contribution in [1.82, 2.24) is 0 Å². The molecule has 0 bridgehead atoms. The molecule has 0 aliphatic heterocycles. The van der Waals surface area contributed by atoms with E-state index in [1.165, 1.54) is 31.0 Å². The number of methoxy groups -OCH3 is 1. The van der Waals surface area contributed by atoms with Gasteiger partial charge < -0.3 is 14.6 Å². The second-order valence-electron chi connectivity index (χ2n) is 7.02. The first kappa shape index (κ1) is 23.5. The third-order valence-electron chi connectivity index (χ3n) is 4.68. The van der Waals surface area contributed by atoms with Crippen LogP contribution in [-0.4, -0.2) is 24.8 Å². The molecule has 4 nitrogen and oxygen atoms in total. The van der Waals surface area contributed by atoms with Gasteiger partial charge in [-0.2, -0.15) is 13.2 Å². The molecule has 0 saturated heterocycles. The molecule has 32 heavy (non-hydrogen) atoms. The number of aryl methyl sites for hydroxylation is 1. The first-order chi connectivity index (χ1) is 15.2. The van der Waals surface area contributed by atoms with Gasteiger partial charge in [-0.05, 0) is 47.4 Å². The number of alkyl halides is 3. The summed E-state index contributed by atoms with van der Waals surface area (Å²) in [6.07, 6.45) is -4.36. The van der Waals surface area contributed by atoms with Gasteiger partial charge in [0, 0.05) is 11.8 Å². The van der Waals surface area contributed by atoms with Gasteiger partial charge in [-0.15, -0.1) is 11.8 Å². The lowest BCUT2D eigenvalue weighted by molar-refractivity contribution is -0.139. The Labute approximate surface area is 188 Å². The zero-order chi connectivity index (χ0) is 23.3. The molecule has 0 fully saturated rings. The topological polar surface area (TPSA) is 55.8 Å². The Morgan fingerprint density at radius 3 is 2.34 bits per heavy atom. The first-order valence-electron chi connectivity index (χ1n) is 9.60. The number of hydrogen-bond acceptors (Lipinski definition) is 4. The van der Waals surface area contributed by atoms with Crippen LogP contribution in [0.25, 0.3) is 11.1 Å². The fourth-order valence-corrected chi connectivity index (χ4v) is 4.11. The first-order valence-corrected chi connectivity index (χ1v) is 10.6. The summed E-state index contributed by atoms with van der Waals surface area (Å²) in [6, 6.07) is 16.3. The molecular weight excluding hydrogens is 441 g/mol. The number of aliphatic carboxylic acids is 1. The number of ether oxygens (including phenoxy) is 2. The molecule has 0 saturated carbocycles. The molecule has 1 N–H and O–H groups in total. The summed E-state index contributed by atoms with van der Waals surface area (Å²) in [4.78, 5) is 11.6. The van der Waals surface area contributed by atoms with Crippen molar-refractivity contribution in [2.75, 3.05) is 13.7 Å². The number of carbonyl (C=O) groups is 1. The standard InChI is InChI=1S/C24H21F3O4S/c1-15-10-22(21(30-2)12-20(15)31-13-23(28)29)32-14-16-4-3-5-18(11-16)17-6-8-19(9-7-17)24(25,26)27/h3-12H,13-14H2,1-2H3,(H,28,29). The lowest BCUT2D eigenvalue weighted by Crippen LogP contribution is -2.10. The molecule has 0 radical (unpaired) electrons. The van der Waals surface area contributed by atoms with Crippen LogP contribution >= 0.6 is 11.8 Å². The van der Waals surface area contributed by atoms with Crippen molar-refractivity contribution < 1.29 is 32.5 Å². The normalized spacial score (nSPS) is 11.3. The zero-order valence-electron chi connectivity index (χ0n) is 17.4. The molecule has 168 valence electrons. The van der Waals surface area contributed by atoms with Crippen LogP contribution < -0.4 is 9.47 Å². The van der Waals surface area contributed by atoms with Crippen molar-refractivity contribution >= 4 is 17.7 Å². The van der Waals surface area contributed by atoms with E-state index in [4.69, 9.17) is 14.6 Å². The van der Waals surface area contributed by atoms with Gasteiger partial charge in [-0.1, -0.05) is 36.4 Å². The maximum Gasteiger partial charge on any atom is 0.416 e. The van der Waals surface area contributed by atoms with Gasteiger partial charge in [0.25, 0.3) is 0 Å². The van der Waals surface area contributed by atoms with Crippen LogP contribution in [0.3, 0.4) is 0 Å². The molecule has 0 atom stereocenters. The van der Waals surface area contributed by atoms with E-state index in [1.807, 2.05) is 37.3 Å². The Kier molecular flexibility index (Phi) is 7.35. The number of benzene rings is 3. The summed E-state index contributed by atoms with van der Waals surface area (Å²) < 4.78 is 49.1. The highest BCUT2D eigenvalue weighted by Crippen LogP contribution is 2.37. The summed E-state index contributed by atoms with van der Waals surface area (Å²) in [5.74, 6) is 0.562. The van der Waals surface area contributed by atoms with Gasteiger partial charge in [-0.3, -0.25) is 0 Å². The Balaban J connectivity index is 1.75. The number of carboxylic acids is 1. The SMILES string of the molecule is COc1cc(OCC(=O)O)c(C)cc1SCc1cccc(-c2ccc(C(F)(F)F)cc2)c1. The Morgan fingerprint density at radius 2 is 1.72 bits per heavy atom. The van der Waals surface area contributed by atoms with Crippen molar-refractivity contribution in [3.63, 3.8) is 0 Å². The molecule has 0 amide bonds. The second kappa shape index (κ2) is 9.99. The van der Waals surface area contributed by atoms with Gasteiger partial charge in [0.2, 0.25) is 0 Å². The Hall–Kier alpha value is -3.13. The number of rotatable bonds is 8. The van der Waals surface area contributed by atoms with Crippen molar-refractivity contribution in [3.8, 4) is 22.6 Å². The zero-order valence-corrected chi connectivity index (χ0v) is 18.2. The van der Waals surface area contributed by atoms with Crippen molar-refractivity contribution in [2.24, 2.45) is 0 Å². The highest BCUT2D eigenvalue weighted by Gasteiger charge is 2.29. The van der Waals surface area contributed by atoms with Crippen LogP contribution in [0.2, 0.25) is 0 Å². The Morgan fingerprint density at radius 1 is 1.00 bits per heavy atom. The summed E-state index contributed by atoms with van der Waals surface area (Å²) in [5.41, 5.74) is 2.65. The minimum atomic E-state index is -4.36. The van der Waals surface area contributed by atoms with Crippen molar-refractivity contribution in [2.45, 2.75) is 23.7 Å². The van der Waals surface area contributed by atoms with Gasteiger partial charge >= 0.3 is 12.1 Å². The van der Waals surface area contributed by atoms with E-state index in [-0.39, 0.29) is 0 Å². The molecule has 8 heteroatoms. The molecule has 3 rings (SSSR count). The van der Waals surface area contributed by atoms with Crippen LogP contribution in [0.4, 0.5) is 13.2 Å². The molecule has 3 aromatic carbocycles. The van der Waals surface area contributed by atoms with E-state index in [9.17, 15) is 18.0 Å². The van der Waals surface area contributed by atoms with E-state index in [0.717, 1.165) is 33.7 Å². The van der Waals surface area contributed by atoms with E-state index < -0.39 is 24.3 Å². The predicted molar refractivity (Wildman–Crippen MR) is 117 cm³/mol. The van der Waals surface area contributed by atoms with Crippen molar-refractivity contribution in [3.05, 3.63) is 77.4 Å². The lowest BCUT2D eigenvalue weighted by Gasteiger charge is -2.14. The number of thioether (sulfide) groups is 1. The molecule has 0 aliphatic carbocycles. The van der Waals surface area contributed by atoms with Gasteiger partial charge in [0.15, 0.2) is 6.61 Å². The summed E-state index contributed by atoms with van der Waals surface area (Å²) in [5, 5.41) is 8.80. The fourth-order valence-electron chi connectivity index (χ4n) is 3.06. The molecule has 0 heterocycles. The monoisotopic (exact) mass is 462 g/mol. The van der Waals surface area contributed by atoms with Crippen LogP contribution in [0.15, 0.2) is 65.6 Å². The Bertz CT molecular complexity index is 1100. The second-order valence-corrected chi connectivity index (χ2v) is 8.03. The molecule has 0 unspecified atom stereocenters. The number of carboxylic acid groups (broad SMARTS) is 1. The van der Waals surface area contributed by atoms with Crippen LogP contribution in [0.5, 0.6) is 11.5 Å². The molecule has 3 aromatic rings. The van der Waals surface area contributed by atoms with Gasteiger partial charge in [0.05, 0.1) is 17.6 Å². The quantitative estimate of drug-likeness (QED) is 0.390. The minimum absolute atomic E-state index is 0.437. The minimum Gasteiger partial charge on any atom is -0.495 e. The highest BCUT2D eigenvalue weighted by atomic mass is 32.2. The van der Waals surface area contributed by atoms with E-state index in [0.29, 0.717) is 22.8 Å². The van der Waals surface area contributed by atoms with E-state index in [2.05, 4.69) is 0 Å². The maximum atomic E-state index is 12.8.